The molecule has 1 saturated heterocycles. The van der Waals surface area contributed by atoms with Gasteiger partial charge in [0.15, 0.2) is 0 Å². The van der Waals surface area contributed by atoms with Gasteiger partial charge < -0.3 is 14.8 Å². The summed E-state index contributed by atoms with van der Waals surface area (Å²) in [6.45, 7) is 8.02. The highest BCUT2D eigenvalue weighted by Gasteiger charge is 2.41. The number of hydrogen-bond donors (Lipinski definition) is 1. The van der Waals surface area contributed by atoms with Crippen molar-refractivity contribution < 1.29 is 14.3 Å². The van der Waals surface area contributed by atoms with Crippen LogP contribution in [0.2, 0.25) is 0 Å². The van der Waals surface area contributed by atoms with Crippen molar-refractivity contribution in [1.82, 2.24) is 5.32 Å². The van der Waals surface area contributed by atoms with Gasteiger partial charge in [0, 0.05) is 5.92 Å². The summed E-state index contributed by atoms with van der Waals surface area (Å²) in [5.41, 5.74) is 1.16. The molecule has 2 atom stereocenters. The summed E-state index contributed by atoms with van der Waals surface area (Å²) in [7, 11) is 0. The normalized spacial score (nSPS) is 30.1. The van der Waals surface area contributed by atoms with E-state index in [-0.39, 0.29) is 24.0 Å². The molecule has 1 saturated carbocycles. The fraction of sp³-hybridized carbons (Fsp3) is 0.696. The average molecular weight is 374 g/mol. The number of hydrogen-bond acceptors (Lipinski definition) is 3. The molecule has 1 aromatic rings. The molecule has 27 heavy (non-hydrogen) atoms. The lowest BCUT2D eigenvalue weighted by Crippen LogP contribution is -2.62. The molecule has 1 aliphatic carbocycles. The summed E-state index contributed by atoms with van der Waals surface area (Å²) in [4.78, 5) is 12.0. The van der Waals surface area contributed by atoms with Crippen molar-refractivity contribution in [3.05, 3.63) is 35.9 Å². The molecule has 2 aliphatic rings. The van der Waals surface area contributed by atoms with Crippen LogP contribution in [0.5, 0.6) is 0 Å². The van der Waals surface area contributed by atoms with Gasteiger partial charge in [0.2, 0.25) is 5.91 Å². The number of morpholine rings is 1. The van der Waals surface area contributed by atoms with Gasteiger partial charge in [-0.2, -0.15) is 0 Å². The lowest BCUT2D eigenvalue weighted by Gasteiger charge is -2.44. The van der Waals surface area contributed by atoms with Gasteiger partial charge >= 0.3 is 0 Å². The monoisotopic (exact) mass is 373 g/mol. The average Bonchev–Trinajstić information content (AvgIpc) is 2.66. The van der Waals surface area contributed by atoms with Gasteiger partial charge in [-0.1, -0.05) is 51.1 Å². The molecule has 1 aliphatic heterocycles. The Hall–Kier alpha value is -1.39. The van der Waals surface area contributed by atoms with Crippen LogP contribution < -0.4 is 5.32 Å². The molecule has 1 heterocycles. The van der Waals surface area contributed by atoms with Crippen molar-refractivity contribution in [3.63, 3.8) is 0 Å². The van der Waals surface area contributed by atoms with Gasteiger partial charge in [0.1, 0.15) is 6.61 Å². The molecule has 0 bridgehead atoms. The van der Waals surface area contributed by atoms with Crippen molar-refractivity contribution in [3.8, 4) is 0 Å². The number of rotatable bonds is 7. The Morgan fingerprint density at radius 1 is 1.15 bits per heavy atom. The molecule has 150 valence electrons. The molecule has 0 radical (unpaired) electrons. The lowest BCUT2D eigenvalue weighted by atomic mass is 9.78. The number of amides is 1. The first-order valence-electron chi connectivity index (χ1n) is 10.5. The summed E-state index contributed by atoms with van der Waals surface area (Å²) >= 11 is 0. The van der Waals surface area contributed by atoms with E-state index in [0.717, 1.165) is 19.3 Å². The summed E-state index contributed by atoms with van der Waals surface area (Å²) in [6.07, 6.45) is 5.88. The predicted molar refractivity (Wildman–Crippen MR) is 108 cm³/mol. The van der Waals surface area contributed by atoms with E-state index in [1.165, 1.54) is 18.4 Å². The maximum atomic E-state index is 12.0. The number of ether oxygens (including phenoxy) is 2. The topological polar surface area (TPSA) is 47.6 Å². The van der Waals surface area contributed by atoms with Gasteiger partial charge in [-0.3, -0.25) is 4.79 Å². The number of carbonyl (C=O) groups excluding carboxylic acids is 1. The van der Waals surface area contributed by atoms with Crippen LogP contribution in [0.4, 0.5) is 0 Å². The summed E-state index contributed by atoms with van der Waals surface area (Å²) in [5, 5.41) is 3.23. The zero-order chi connectivity index (χ0) is 19.3. The van der Waals surface area contributed by atoms with E-state index in [2.05, 4.69) is 56.4 Å². The molecule has 2 unspecified atom stereocenters. The van der Waals surface area contributed by atoms with E-state index in [0.29, 0.717) is 31.2 Å². The van der Waals surface area contributed by atoms with Gasteiger partial charge in [0.25, 0.3) is 0 Å². The third-order valence-corrected chi connectivity index (χ3v) is 6.22. The quantitative estimate of drug-likeness (QED) is 0.775. The van der Waals surface area contributed by atoms with Gasteiger partial charge in [-0.25, -0.2) is 0 Å². The minimum Gasteiger partial charge on any atom is -0.378 e. The van der Waals surface area contributed by atoms with Crippen LogP contribution in [-0.4, -0.2) is 37.4 Å². The third kappa shape index (κ3) is 5.32. The summed E-state index contributed by atoms with van der Waals surface area (Å²) < 4.78 is 11.9. The first kappa shape index (κ1) is 20.3. The van der Waals surface area contributed by atoms with Crippen LogP contribution in [-0.2, 0) is 14.3 Å². The van der Waals surface area contributed by atoms with Crippen LogP contribution in [0.1, 0.15) is 64.4 Å². The smallest absolute Gasteiger partial charge is 0.246 e. The Morgan fingerprint density at radius 2 is 1.85 bits per heavy atom. The van der Waals surface area contributed by atoms with Crippen molar-refractivity contribution in [2.45, 2.75) is 70.4 Å². The van der Waals surface area contributed by atoms with Gasteiger partial charge in [-0.15, -0.1) is 0 Å². The minimum atomic E-state index is -0.301. The molecule has 0 spiro atoms. The molecule has 1 amide bonds. The Balaban J connectivity index is 1.51. The Bertz CT molecular complexity index is 595. The van der Waals surface area contributed by atoms with E-state index in [1.54, 1.807) is 0 Å². The molecular formula is C23H35NO3. The van der Waals surface area contributed by atoms with Gasteiger partial charge in [0.05, 0.1) is 24.9 Å². The highest BCUT2D eigenvalue weighted by atomic mass is 16.5. The van der Waals surface area contributed by atoms with Crippen molar-refractivity contribution in [1.29, 1.82) is 0 Å². The first-order chi connectivity index (χ1) is 13.0. The largest absolute Gasteiger partial charge is 0.378 e. The molecule has 4 nitrogen and oxygen atoms in total. The number of nitrogens with one attached hydrogen (secondary N) is 1. The SMILES string of the molecule is CC(C)CC1(C(C)COC2CCC(c3ccccc3)CC2)COCC(=O)N1. The molecular weight excluding hydrogens is 338 g/mol. The van der Waals surface area contributed by atoms with Crippen molar-refractivity contribution in [2.75, 3.05) is 19.8 Å². The summed E-state index contributed by atoms with van der Waals surface area (Å²) in [6, 6.07) is 10.8. The lowest BCUT2D eigenvalue weighted by molar-refractivity contribution is -0.140. The second-order valence-corrected chi connectivity index (χ2v) is 8.91. The molecule has 3 rings (SSSR count). The molecule has 4 heteroatoms. The third-order valence-electron chi connectivity index (χ3n) is 6.22. The Morgan fingerprint density at radius 3 is 2.48 bits per heavy atom. The minimum absolute atomic E-state index is 0.00267. The molecule has 1 aromatic carbocycles. The van der Waals surface area contributed by atoms with Crippen LogP contribution in [0.15, 0.2) is 30.3 Å². The van der Waals surface area contributed by atoms with Crippen molar-refractivity contribution >= 4 is 5.91 Å². The first-order valence-corrected chi connectivity index (χ1v) is 10.5. The predicted octanol–water partition coefficient (Wildman–Crippen LogP) is 4.30. The highest BCUT2D eigenvalue weighted by molar-refractivity contribution is 5.78. The van der Waals surface area contributed by atoms with Crippen molar-refractivity contribution in [2.24, 2.45) is 11.8 Å². The van der Waals surface area contributed by atoms with Crippen LogP contribution in [0.3, 0.4) is 0 Å². The molecule has 0 aromatic heterocycles. The maximum absolute atomic E-state index is 12.0. The highest BCUT2D eigenvalue weighted by Crippen LogP contribution is 2.35. The zero-order valence-corrected chi connectivity index (χ0v) is 17.1. The molecule has 1 N–H and O–H groups in total. The fourth-order valence-corrected chi connectivity index (χ4v) is 4.71. The number of benzene rings is 1. The number of carbonyl (C=O) groups is 1. The van der Waals surface area contributed by atoms with Crippen LogP contribution in [0.25, 0.3) is 0 Å². The standard InChI is InChI=1S/C23H35NO3/c1-17(2)13-23(16-26-15-22(25)24-23)18(3)14-27-21-11-9-20(10-12-21)19-7-5-4-6-8-19/h4-8,17-18,20-21H,9-16H2,1-3H3,(H,24,25). The second-order valence-electron chi connectivity index (χ2n) is 8.91. The Labute approximate surface area is 164 Å². The van der Waals surface area contributed by atoms with E-state index in [1.807, 2.05) is 0 Å². The van der Waals surface area contributed by atoms with Crippen LogP contribution >= 0.6 is 0 Å². The van der Waals surface area contributed by atoms with E-state index < -0.39 is 0 Å². The zero-order valence-electron chi connectivity index (χ0n) is 17.1. The van der Waals surface area contributed by atoms with E-state index in [9.17, 15) is 4.79 Å². The van der Waals surface area contributed by atoms with Crippen LogP contribution in [0, 0.1) is 11.8 Å². The maximum Gasteiger partial charge on any atom is 0.246 e. The van der Waals surface area contributed by atoms with E-state index >= 15 is 0 Å². The van der Waals surface area contributed by atoms with E-state index in [4.69, 9.17) is 9.47 Å². The molecule has 2 fully saturated rings. The van der Waals surface area contributed by atoms with Gasteiger partial charge in [-0.05, 0) is 49.5 Å². The fourth-order valence-electron chi connectivity index (χ4n) is 4.71. The summed E-state index contributed by atoms with van der Waals surface area (Å²) in [5.74, 6) is 1.39. The second kappa shape index (κ2) is 9.20. The Kier molecular flexibility index (Phi) is 6.93.